The van der Waals surface area contributed by atoms with E-state index < -0.39 is 17.8 Å². The molecule has 2 unspecified atom stereocenters. The minimum absolute atomic E-state index is 0.110. The highest BCUT2D eigenvalue weighted by molar-refractivity contribution is 5.88. The zero-order chi connectivity index (χ0) is 15.6. The lowest BCUT2D eigenvalue weighted by Crippen LogP contribution is -2.40. The van der Waals surface area contributed by atoms with E-state index >= 15 is 0 Å². The standard InChI is InChI=1S/C15H18FNO4/c1-9(10-4-5-11(16)13(8-10)20-2)17-12(15(19)21-3)6-7-14(17)18/h4-5,8-9,12H,6-7H2,1-3H3. The number of carbonyl (C=O) groups is 2. The van der Waals surface area contributed by atoms with E-state index in [-0.39, 0.29) is 17.7 Å². The summed E-state index contributed by atoms with van der Waals surface area (Å²) in [5.74, 6) is -0.894. The van der Waals surface area contributed by atoms with Crippen molar-refractivity contribution in [3.05, 3.63) is 29.6 Å². The summed E-state index contributed by atoms with van der Waals surface area (Å²) >= 11 is 0. The van der Waals surface area contributed by atoms with Crippen LogP contribution >= 0.6 is 0 Å². The number of carbonyl (C=O) groups excluding carboxylic acids is 2. The Hall–Kier alpha value is -2.11. The second-order valence-electron chi connectivity index (χ2n) is 4.95. The van der Waals surface area contributed by atoms with Gasteiger partial charge in [0.25, 0.3) is 0 Å². The van der Waals surface area contributed by atoms with Crippen molar-refractivity contribution in [1.29, 1.82) is 0 Å². The molecule has 2 rings (SSSR count). The second kappa shape index (κ2) is 6.11. The summed E-state index contributed by atoms with van der Waals surface area (Å²) in [6.07, 6.45) is 0.747. The molecule has 1 fully saturated rings. The Balaban J connectivity index is 2.30. The van der Waals surface area contributed by atoms with Crippen molar-refractivity contribution in [3.8, 4) is 5.75 Å². The van der Waals surface area contributed by atoms with Crippen LogP contribution in [-0.2, 0) is 14.3 Å². The topological polar surface area (TPSA) is 55.8 Å². The van der Waals surface area contributed by atoms with Gasteiger partial charge in [-0.05, 0) is 31.0 Å². The predicted molar refractivity (Wildman–Crippen MR) is 73.3 cm³/mol. The smallest absolute Gasteiger partial charge is 0.328 e. The number of halogens is 1. The van der Waals surface area contributed by atoms with Gasteiger partial charge in [-0.3, -0.25) is 4.79 Å². The summed E-state index contributed by atoms with van der Waals surface area (Å²) in [6.45, 7) is 1.80. The average Bonchev–Trinajstić information content (AvgIpc) is 2.88. The van der Waals surface area contributed by atoms with Crippen molar-refractivity contribution in [2.75, 3.05) is 14.2 Å². The number of hydrogen-bond donors (Lipinski definition) is 0. The molecular weight excluding hydrogens is 277 g/mol. The molecule has 0 spiro atoms. The van der Waals surface area contributed by atoms with Crippen LogP contribution in [0.1, 0.15) is 31.4 Å². The molecule has 0 saturated carbocycles. The normalized spacial score (nSPS) is 19.5. The van der Waals surface area contributed by atoms with Gasteiger partial charge < -0.3 is 14.4 Å². The first-order valence-electron chi connectivity index (χ1n) is 6.72. The van der Waals surface area contributed by atoms with Crippen molar-refractivity contribution in [2.45, 2.75) is 31.8 Å². The third-order valence-electron chi connectivity index (χ3n) is 3.80. The zero-order valence-corrected chi connectivity index (χ0v) is 12.3. The Bertz CT molecular complexity index is 561. The van der Waals surface area contributed by atoms with Crippen LogP contribution in [0.4, 0.5) is 4.39 Å². The Morgan fingerprint density at radius 2 is 2.14 bits per heavy atom. The first-order valence-corrected chi connectivity index (χ1v) is 6.72. The Kier molecular flexibility index (Phi) is 4.45. The van der Waals surface area contributed by atoms with Crippen molar-refractivity contribution in [2.24, 2.45) is 0 Å². The van der Waals surface area contributed by atoms with E-state index in [1.807, 2.05) is 0 Å². The molecule has 1 aromatic carbocycles. The van der Waals surface area contributed by atoms with Crippen LogP contribution in [0.3, 0.4) is 0 Å². The van der Waals surface area contributed by atoms with Crippen LogP contribution in [0.25, 0.3) is 0 Å². The van der Waals surface area contributed by atoms with Gasteiger partial charge in [0.1, 0.15) is 6.04 Å². The van der Waals surface area contributed by atoms with E-state index in [2.05, 4.69) is 0 Å². The third-order valence-corrected chi connectivity index (χ3v) is 3.80. The first kappa shape index (κ1) is 15.3. The van der Waals surface area contributed by atoms with E-state index in [0.29, 0.717) is 18.4 Å². The predicted octanol–water partition coefficient (Wildman–Crippen LogP) is 2.06. The minimum atomic E-state index is -0.589. The summed E-state index contributed by atoms with van der Waals surface area (Å²) in [6, 6.07) is 3.47. The number of esters is 1. The molecular formula is C15H18FNO4. The molecule has 114 valence electrons. The molecule has 0 radical (unpaired) electrons. The maximum atomic E-state index is 13.5. The van der Waals surface area contributed by atoms with Crippen LogP contribution in [0.2, 0.25) is 0 Å². The summed E-state index contributed by atoms with van der Waals surface area (Å²) in [4.78, 5) is 25.3. The number of methoxy groups -OCH3 is 2. The third kappa shape index (κ3) is 2.84. The van der Waals surface area contributed by atoms with E-state index in [1.54, 1.807) is 19.1 Å². The van der Waals surface area contributed by atoms with Crippen LogP contribution in [0.15, 0.2) is 18.2 Å². The van der Waals surface area contributed by atoms with Crippen LogP contribution in [-0.4, -0.2) is 37.0 Å². The second-order valence-corrected chi connectivity index (χ2v) is 4.95. The van der Waals surface area contributed by atoms with Crippen LogP contribution < -0.4 is 4.74 Å². The number of rotatable bonds is 4. The van der Waals surface area contributed by atoms with Gasteiger partial charge in [-0.25, -0.2) is 9.18 Å². The van der Waals surface area contributed by atoms with Crippen LogP contribution in [0, 0.1) is 5.82 Å². The first-order chi connectivity index (χ1) is 9.99. The largest absolute Gasteiger partial charge is 0.494 e. The molecule has 0 aliphatic carbocycles. The molecule has 0 N–H and O–H groups in total. The van der Waals surface area contributed by atoms with Crippen molar-refractivity contribution >= 4 is 11.9 Å². The van der Waals surface area contributed by atoms with Gasteiger partial charge in [0.2, 0.25) is 5.91 Å². The molecule has 1 heterocycles. The van der Waals surface area contributed by atoms with E-state index in [4.69, 9.17) is 9.47 Å². The highest BCUT2D eigenvalue weighted by atomic mass is 19.1. The highest BCUT2D eigenvalue weighted by Crippen LogP contribution is 2.32. The molecule has 1 aromatic rings. The fourth-order valence-electron chi connectivity index (χ4n) is 2.65. The summed E-state index contributed by atoms with van der Waals surface area (Å²) in [7, 11) is 2.68. The van der Waals surface area contributed by atoms with E-state index in [1.165, 1.54) is 25.2 Å². The van der Waals surface area contributed by atoms with Gasteiger partial charge >= 0.3 is 5.97 Å². The van der Waals surface area contributed by atoms with Gasteiger partial charge in [0, 0.05) is 6.42 Å². The lowest BCUT2D eigenvalue weighted by molar-refractivity contribution is -0.150. The Labute approximate surface area is 122 Å². The molecule has 1 amide bonds. The quantitative estimate of drug-likeness (QED) is 0.798. The monoisotopic (exact) mass is 295 g/mol. The maximum Gasteiger partial charge on any atom is 0.328 e. The Morgan fingerprint density at radius 1 is 1.43 bits per heavy atom. The van der Waals surface area contributed by atoms with E-state index in [0.717, 1.165) is 0 Å². The van der Waals surface area contributed by atoms with Gasteiger partial charge in [0.05, 0.1) is 20.3 Å². The fraction of sp³-hybridized carbons (Fsp3) is 0.467. The summed E-state index contributed by atoms with van der Waals surface area (Å²) < 4.78 is 23.2. The average molecular weight is 295 g/mol. The number of hydrogen-bond acceptors (Lipinski definition) is 4. The SMILES string of the molecule is COC(=O)C1CCC(=O)N1C(C)c1ccc(F)c(OC)c1. The van der Waals surface area contributed by atoms with Crippen molar-refractivity contribution < 1.29 is 23.5 Å². The summed E-state index contributed by atoms with van der Waals surface area (Å²) in [5.41, 5.74) is 0.706. The number of ether oxygens (including phenoxy) is 2. The molecule has 5 nitrogen and oxygen atoms in total. The van der Waals surface area contributed by atoms with Gasteiger partial charge in [-0.15, -0.1) is 0 Å². The molecule has 0 bridgehead atoms. The van der Waals surface area contributed by atoms with E-state index in [9.17, 15) is 14.0 Å². The number of benzene rings is 1. The lowest BCUT2D eigenvalue weighted by Gasteiger charge is -2.29. The molecule has 1 aliphatic rings. The van der Waals surface area contributed by atoms with Gasteiger partial charge in [0.15, 0.2) is 11.6 Å². The fourth-order valence-corrected chi connectivity index (χ4v) is 2.65. The van der Waals surface area contributed by atoms with Crippen molar-refractivity contribution in [1.82, 2.24) is 4.90 Å². The van der Waals surface area contributed by atoms with Gasteiger partial charge in [-0.2, -0.15) is 0 Å². The molecule has 1 saturated heterocycles. The molecule has 21 heavy (non-hydrogen) atoms. The zero-order valence-electron chi connectivity index (χ0n) is 12.3. The van der Waals surface area contributed by atoms with Crippen LogP contribution in [0.5, 0.6) is 5.75 Å². The molecule has 6 heteroatoms. The van der Waals surface area contributed by atoms with Crippen molar-refractivity contribution in [3.63, 3.8) is 0 Å². The summed E-state index contributed by atoms with van der Waals surface area (Å²) in [5, 5.41) is 0. The molecule has 2 atom stereocenters. The number of nitrogens with zero attached hydrogens (tertiary/aromatic N) is 1. The maximum absolute atomic E-state index is 13.5. The number of likely N-dealkylation sites (tertiary alicyclic amines) is 1. The Morgan fingerprint density at radius 3 is 2.76 bits per heavy atom. The number of amides is 1. The highest BCUT2D eigenvalue weighted by Gasteiger charge is 2.40. The lowest BCUT2D eigenvalue weighted by atomic mass is 10.1. The molecule has 0 aromatic heterocycles. The van der Waals surface area contributed by atoms with Gasteiger partial charge in [-0.1, -0.05) is 6.07 Å². The molecule has 1 aliphatic heterocycles. The minimum Gasteiger partial charge on any atom is -0.494 e.